The van der Waals surface area contributed by atoms with E-state index in [9.17, 15) is 19.1 Å². The van der Waals surface area contributed by atoms with Crippen LogP contribution in [0.3, 0.4) is 0 Å². The molecule has 4 aromatic rings. The predicted molar refractivity (Wildman–Crippen MR) is 135 cm³/mol. The minimum Gasteiger partial charge on any atom is -0.385 e. The summed E-state index contributed by atoms with van der Waals surface area (Å²) in [6.45, 7) is 3.09. The van der Waals surface area contributed by atoms with E-state index in [4.69, 9.17) is 0 Å². The molecule has 0 fully saturated rings. The van der Waals surface area contributed by atoms with Crippen LogP contribution in [0, 0.1) is 12.7 Å². The van der Waals surface area contributed by atoms with Crippen molar-refractivity contribution in [1.82, 2.24) is 19.8 Å². The average Bonchev–Trinajstić information content (AvgIpc) is 3.17. The molecule has 0 radical (unpaired) electrons. The molecule has 1 amide bonds. The summed E-state index contributed by atoms with van der Waals surface area (Å²) < 4.78 is 15.4. The van der Waals surface area contributed by atoms with Gasteiger partial charge in [0.15, 0.2) is 0 Å². The van der Waals surface area contributed by atoms with Gasteiger partial charge >= 0.3 is 0 Å². The van der Waals surface area contributed by atoms with Gasteiger partial charge in [0.05, 0.1) is 15.9 Å². The Morgan fingerprint density at radius 2 is 2.00 bits per heavy atom. The van der Waals surface area contributed by atoms with Crippen LogP contribution in [0.1, 0.15) is 38.2 Å². The van der Waals surface area contributed by atoms with Crippen LogP contribution in [0.5, 0.6) is 0 Å². The zero-order valence-electron chi connectivity index (χ0n) is 19.8. The minimum atomic E-state index is -0.724. The van der Waals surface area contributed by atoms with Gasteiger partial charge in [0.25, 0.3) is 5.91 Å². The first-order valence-electron chi connectivity index (χ1n) is 11.2. The van der Waals surface area contributed by atoms with Crippen LogP contribution < -0.4 is 10.7 Å². The summed E-state index contributed by atoms with van der Waals surface area (Å²) in [6, 6.07) is 11.3. The van der Waals surface area contributed by atoms with Gasteiger partial charge in [-0.25, -0.2) is 4.39 Å². The van der Waals surface area contributed by atoms with Crippen LogP contribution in [-0.4, -0.2) is 39.1 Å². The van der Waals surface area contributed by atoms with Crippen molar-refractivity contribution in [3.63, 3.8) is 0 Å². The van der Waals surface area contributed by atoms with Crippen LogP contribution in [0.2, 0.25) is 0 Å². The fourth-order valence-corrected chi connectivity index (χ4v) is 5.41. The molecule has 0 bridgehead atoms. The number of aliphatic hydroxyl groups is 1. The topological polar surface area (TPSA) is 87.5 Å². The summed E-state index contributed by atoms with van der Waals surface area (Å²) in [5.74, 6) is -0.819. The number of likely N-dealkylation sites (N-methyl/N-ethyl adjacent to an activating group) is 1. The van der Waals surface area contributed by atoms with Crippen molar-refractivity contribution in [2.45, 2.75) is 26.1 Å². The Balaban J connectivity index is 1.53. The molecule has 1 unspecified atom stereocenters. The van der Waals surface area contributed by atoms with E-state index in [1.54, 1.807) is 36.7 Å². The lowest BCUT2D eigenvalue weighted by atomic mass is 10.1. The molecule has 7 nitrogen and oxygen atoms in total. The molecule has 35 heavy (non-hydrogen) atoms. The van der Waals surface area contributed by atoms with Crippen molar-refractivity contribution >= 4 is 27.5 Å². The molecule has 0 aliphatic carbocycles. The second-order valence-electron chi connectivity index (χ2n) is 8.59. The Kier molecular flexibility index (Phi) is 7.39. The number of aliphatic hydroxyl groups excluding tert-OH is 1. The molecule has 0 spiro atoms. The van der Waals surface area contributed by atoms with Crippen molar-refractivity contribution in [1.29, 1.82) is 0 Å². The van der Waals surface area contributed by atoms with Crippen molar-refractivity contribution in [2.24, 2.45) is 7.05 Å². The number of benzene rings is 1. The highest BCUT2D eigenvalue weighted by Gasteiger charge is 2.21. The van der Waals surface area contributed by atoms with Crippen molar-refractivity contribution in [3.8, 4) is 0 Å². The van der Waals surface area contributed by atoms with E-state index < -0.39 is 12.0 Å². The Morgan fingerprint density at radius 1 is 1.26 bits per heavy atom. The number of nitrogens with zero attached hydrogens (tertiary/aromatic N) is 3. The molecule has 0 saturated carbocycles. The number of pyridine rings is 2. The molecule has 1 atom stereocenters. The number of aromatic nitrogens is 2. The molecule has 9 heteroatoms. The van der Waals surface area contributed by atoms with E-state index in [0.29, 0.717) is 23.5 Å². The highest BCUT2D eigenvalue weighted by molar-refractivity contribution is 7.19. The Labute approximate surface area is 206 Å². The number of hydrogen-bond donors (Lipinski definition) is 2. The molecule has 182 valence electrons. The number of aryl methyl sites for hydroxylation is 2. The number of carbonyl (C=O) groups excluding carboxylic acids is 1. The third-order valence-corrected chi connectivity index (χ3v) is 7.14. The number of carbonyl (C=O) groups is 1. The third-order valence-electron chi connectivity index (χ3n) is 5.88. The van der Waals surface area contributed by atoms with Gasteiger partial charge < -0.3 is 15.0 Å². The number of halogens is 1. The number of thiophene rings is 1. The number of fused-ring (bicyclic) bond motifs is 1. The maximum atomic E-state index is 13.2. The molecule has 4 rings (SSSR count). The number of hydrogen-bond acceptors (Lipinski definition) is 6. The zero-order valence-corrected chi connectivity index (χ0v) is 20.6. The molecule has 1 aromatic carbocycles. The number of rotatable bonds is 8. The van der Waals surface area contributed by atoms with Gasteiger partial charge in [0, 0.05) is 44.0 Å². The average molecular weight is 495 g/mol. The van der Waals surface area contributed by atoms with Gasteiger partial charge in [-0.3, -0.25) is 19.5 Å². The van der Waals surface area contributed by atoms with E-state index >= 15 is 0 Å². The predicted octanol–water partition coefficient (Wildman–Crippen LogP) is 3.54. The zero-order chi connectivity index (χ0) is 25.1. The van der Waals surface area contributed by atoms with E-state index in [2.05, 4.69) is 10.3 Å². The van der Waals surface area contributed by atoms with E-state index in [0.717, 1.165) is 21.5 Å². The van der Waals surface area contributed by atoms with Crippen molar-refractivity contribution < 1.29 is 14.3 Å². The molecule has 2 N–H and O–H groups in total. The molecular weight excluding hydrogens is 467 g/mol. The quantitative estimate of drug-likeness (QED) is 0.391. The normalized spacial score (nSPS) is 12.3. The Morgan fingerprint density at radius 3 is 2.69 bits per heavy atom. The Hall–Kier alpha value is -3.40. The lowest BCUT2D eigenvalue weighted by Crippen LogP contribution is -2.29. The van der Waals surface area contributed by atoms with Crippen LogP contribution in [-0.2, 0) is 20.1 Å². The fraction of sp³-hybridized carbons (Fsp3) is 0.269. The van der Waals surface area contributed by atoms with Crippen molar-refractivity contribution in [3.05, 3.63) is 98.2 Å². The van der Waals surface area contributed by atoms with Crippen LogP contribution in [0.25, 0.3) is 10.2 Å². The molecule has 3 heterocycles. The lowest BCUT2D eigenvalue weighted by Gasteiger charge is -2.20. The van der Waals surface area contributed by atoms with E-state index in [-0.39, 0.29) is 23.4 Å². The first kappa shape index (κ1) is 24.7. The third kappa shape index (κ3) is 5.48. The number of nitrogens with one attached hydrogen (secondary N) is 1. The highest BCUT2D eigenvalue weighted by Crippen LogP contribution is 2.30. The van der Waals surface area contributed by atoms with Gasteiger partial charge in [-0.05, 0) is 49.4 Å². The molecule has 0 aliphatic heterocycles. The van der Waals surface area contributed by atoms with Gasteiger partial charge in [0.1, 0.15) is 17.5 Å². The minimum absolute atomic E-state index is 0.0637. The maximum Gasteiger partial charge on any atom is 0.257 e. The molecule has 3 aromatic heterocycles. The second kappa shape index (κ2) is 10.5. The standard InChI is InChI=1S/C26H27FN4O3S/c1-16-22(15-30(2)14-21(32)20-6-4-5-11-28-20)35-25-23(16)31(3)13-19(24(25)33)26(34)29-12-17-7-9-18(27)10-8-17/h4-11,13,21,32H,12,14-15H2,1-3H3,(H,29,34). The van der Waals surface area contributed by atoms with Gasteiger partial charge in [-0.15, -0.1) is 11.3 Å². The van der Waals surface area contributed by atoms with E-state index in [1.165, 1.54) is 23.5 Å². The van der Waals surface area contributed by atoms with Gasteiger partial charge in [-0.2, -0.15) is 0 Å². The molecule has 0 saturated heterocycles. The number of amides is 1. The summed E-state index contributed by atoms with van der Waals surface area (Å²) in [4.78, 5) is 33.2. The van der Waals surface area contributed by atoms with Crippen molar-refractivity contribution in [2.75, 3.05) is 13.6 Å². The lowest BCUT2D eigenvalue weighted by molar-refractivity contribution is 0.0949. The first-order chi connectivity index (χ1) is 16.7. The summed E-state index contributed by atoms with van der Waals surface area (Å²) in [5.41, 5.74) is 2.87. The largest absolute Gasteiger partial charge is 0.385 e. The second-order valence-corrected chi connectivity index (χ2v) is 9.69. The summed E-state index contributed by atoms with van der Waals surface area (Å²) in [7, 11) is 3.72. The molecular formula is C26H27FN4O3S. The SMILES string of the molecule is Cc1c(CN(C)CC(O)c2ccccn2)sc2c(=O)c(C(=O)NCc3ccc(F)cc3)cn(C)c12. The van der Waals surface area contributed by atoms with Gasteiger partial charge in [-0.1, -0.05) is 18.2 Å². The summed E-state index contributed by atoms with van der Waals surface area (Å²) >= 11 is 1.37. The maximum absolute atomic E-state index is 13.2. The van der Waals surface area contributed by atoms with Gasteiger partial charge in [0.2, 0.25) is 5.43 Å². The summed E-state index contributed by atoms with van der Waals surface area (Å²) in [6.07, 6.45) is 2.49. The molecule has 0 aliphatic rings. The van der Waals surface area contributed by atoms with Crippen LogP contribution in [0.4, 0.5) is 4.39 Å². The highest BCUT2D eigenvalue weighted by atomic mass is 32.1. The monoisotopic (exact) mass is 494 g/mol. The van der Waals surface area contributed by atoms with Crippen LogP contribution in [0.15, 0.2) is 59.7 Å². The Bertz CT molecular complexity index is 1400. The van der Waals surface area contributed by atoms with Crippen LogP contribution >= 0.6 is 11.3 Å². The fourth-order valence-electron chi connectivity index (χ4n) is 4.03. The summed E-state index contributed by atoms with van der Waals surface area (Å²) in [5, 5.41) is 13.2. The van der Waals surface area contributed by atoms with E-state index in [1.807, 2.05) is 36.6 Å². The smallest absolute Gasteiger partial charge is 0.257 e. The first-order valence-corrected chi connectivity index (χ1v) is 12.0.